The van der Waals surface area contributed by atoms with Gasteiger partial charge in [-0.15, -0.1) is 0 Å². The van der Waals surface area contributed by atoms with Crippen LogP contribution in [-0.2, 0) is 12.8 Å². The third-order valence-electron chi connectivity index (χ3n) is 6.09. The summed E-state index contributed by atoms with van der Waals surface area (Å²) in [5.41, 5.74) is 2.61. The first-order chi connectivity index (χ1) is 18.2. The fourth-order valence-electron chi connectivity index (χ4n) is 4.06. The number of nitrogens with one attached hydrogen (secondary N) is 1. The molecule has 0 aromatic heterocycles. The summed E-state index contributed by atoms with van der Waals surface area (Å²) in [6, 6.07) is 37.0. The second-order valence-corrected chi connectivity index (χ2v) is 9.23. The van der Waals surface area contributed by atoms with Gasteiger partial charge in [-0.3, -0.25) is 0 Å². The van der Waals surface area contributed by atoms with Gasteiger partial charge in [0.15, 0.2) is 0 Å². The van der Waals surface area contributed by atoms with E-state index in [0.29, 0.717) is 19.3 Å². The molecular weight excluding hydrogens is 458 g/mol. The Hall–Kier alpha value is -3.76. The molecule has 37 heavy (non-hydrogen) atoms. The minimum atomic E-state index is 0.400. The zero-order chi connectivity index (χ0) is 25.5. The summed E-state index contributed by atoms with van der Waals surface area (Å²) in [6.07, 6.45) is 3.92. The molecule has 0 bridgehead atoms. The number of rotatable bonds is 15. The van der Waals surface area contributed by atoms with E-state index in [-0.39, 0.29) is 0 Å². The quantitative estimate of drug-likeness (QED) is 0.174. The fraction of sp³-hybridized carbons (Fsp3) is 0.273. The van der Waals surface area contributed by atoms with Crippen molar-refractivity contribution in [2.75, 3.05) is 19.8 Å². The second-order valence-electron chi connectivity index (χ2n) is 9.23. The van der Waals surface area contributed by atoms with Crippen molar-refractivity contribution < 1.29 is 14.2 Å². The zero-order valence-corrected chi connectivity index (χ0v) is 21.6. The van der Waals surface area contributed by atoms with Gasteiger partial charge in [-0.05, 0) is 98.8 Å². The van der Waals surface area contributed by atoms with Crippen LogP contribution in [0.5, 0.6) is 23.0 Å². The van der Waals surface area contributed by atoms with E-state index < -0.39 is 0 Å². The van der Waals surface area contributed by atoms with Crippen LogP contribution in [0.25, 0.3) is 0 Å². The van der Waals surface area contributed by atoms with Crippen molar-refractivity contribution in [1.82, 2.24) is 5.32 Å². The topological polar surface area (TPSA) is 39.7 Å². The van der Waals surface area contributed by atoms with Gasteiger partial charge in [-0.1, -0.05) is 60.7 Å². The van der Waals surface area contributed by atoms with Crippen LogP contribution in [-0.4, -0.2) is 25.8 Å². The van der Waals surface area contributed by atoms with E-state index in [2.05, 4.69) is 48.6 Å². The largest absolute Gasteiger partial charge is 0.494 e. The monoisotopic (exact) mass is 495 g/mol. The normalized spacial score (nSPS) is 11.6. The van der Waals surface area contributed by atoms with Gasteiger partial charge >= 0.3 is 0 Å². The fourth-order valence-corrected chi connectivity index (χ4v) is 4.06. The Bertz CT molecular complexity index is 1150. The highest BCUT2D eigenvalue weighted by molar-refractivity contribution is 5.33. The Kier molecular flexibility index (Phi) is 10.5. The molecule has 4 heteroatoms. The van der Waals surface area contributed by atoms with Crippen LogP contribution in [0.15, 0.2) is 109 Å². The van der Waals surface area contributed by atoms with Crippen LogP contribution in [0.2, 0.25) is 0 Å². The van der Waals surface area contributed by atoms with Crippen molar-refractivity contribution >= 4 is 0 Å². The Morgan fingerprint density at radius 3 is 1.68 bits per heavy atom. The number of hydrogen-bond donors (Lipinski definition) is 1. The number of para-hydroxylation sites is 2. The minimum Gasteiger partial charge on any atom is -0.494 e. The van der Waals surface area contributed by atoms with Crippen molar-refractivity contribution in [3.63, 3.8) is 0 Å². The molecule has 0 amide bonds. The van der Waals surface area contributed by atoms with Gasteiger partial charge in [0.25, 0.3) is 0 Å². The van der Waals surface area contributed by atoms with Crippen LogP contribution in [0.1, 0.15) is 30.9 Å². The summed E-state index contributed by atoms with van der Waals surface area (Å²) in [6.45, 7) is 4.59. The number of unbranched alkanes of at least 4 members (excludes halogenated alkanes) is 1. The van der Waals surface area contributed by atoms with E-state index >= 15 is 0 Å². The van der Waals surface area contributed by atoms with E-state index in [1.54, 1.807) is 0 Å². The molecule has 0 aliphatic carbocycles. The lowest BCUT2D eigenvalue weighted by Gasteiger charge is -2.15. The Morgan fingerprint density at radius 2 is 1.05 bits per heavy atom. The van der Waals surface area contributed by atoms with Crippen LogP contribution >= 0.6 is 0 Å². The molecule has 0 fully saturated rings. The Balaban J connectivity index is 1.08. The third-order valence-corrected chi connectivity index (χ3v) is 6.09. The van der Waals surface area contributed by atoms with Gasteiger partial charge < -0.3 is 19.5 Å². The van der Waals surface area contributed by atoms with Crippen LogP contribution in [0.3, 0.4) is 0 Å². The molecule has 0 saturated heterocycles. The first-order valence-electron chi connectivity index (χ1n) is 13.2. The molecule has 4 aromatic carbocycles. The molecule has 0 aliphatic rings. The SMILES string of the molecule is CC(Cc1ccc(OCCCCOc2ccccc2)cc1)NCCc1ccc(Oc2ccccc2)cc1. The molecular formula is C33H37NO3. The summed E-state index contributed by atoms with van der Waals surface area (Å²) in [4.78, 5) is 0. The average molecular weight is 496 g/mol. The third kappa shape index (κ3) is 9.66. The number of benzene rings is 4. The molecule has 0 spiro atoms. The highest BCUT2D eigenvalue weighted by Crippen LogP contribution is 2.21. The molecule has 192 valence electrons. The highest BCUT2D eigenvalue weighted by atomic mass is 16.5. The van der Waals surface area contributed by atoms with Crippen LogP contribution in [0, 0.1) is 0 Å². The van der Waals surface area contributed by atoms with E-state index in [1.165, 1.54) is 11.1 Å². The van der Waals surface area contributed by atoms with Gasteiger partial charge in [-0.25, -0.2) is 0 Å². The maximum Gasteiger partial charge on any atom is 0.127 e. The predicted molar refractivity (Wildman–Crippen MR) is 151 cm³/mol. The molecule has 0 radical (unpaired) electrons. The van der Waals surface area contributed by atoms with Gasteiger partial charge in [-0.2, -0.15) is 0 Å². The molecule has 1 unspecified atom stereocenters. The summed E-state index contributed by atoms with van der Waals surface area (Å²) >= 11 is 0. The molecule has 4 nitrogen and oxygen atoms in total. The Labute approximate surface area is 221 Å². The first-order valence-corrected chi connectivity index (χ1v) is 13.2. The van der Waals surface area contributed by atoms with Gasteiger partial charge in [0.05, 0.1) is 13.2 Å². The van der Waals surface area contributed by atoms with Gasteiger partial charge in [0.2, 0.25) is 0 Å². The predicted octanol–water partition coefficient (Wildman–Crippen LogP) is 7.48. The maximum absolute atomic E-state index is 5.89. The van der Waals surface area contributed by atoms with Crippen molar-refractivity contribution in [2.24, 2.45) is 0 Å². The lowest BCUT2D eigenvalue weighted by atomic mass is 10.1. The molecule has 1 atom stereocenters. The highest BCUT2D eigenvalue weighted by Gasteiger charge is 2.05. The average Bonchev–Trinajstić information content (AvgIpc) is 2.94. The molecule has 0 saturated carbocycles. The van der Waals surface area contributed by atoms with Crippen molar-refractivity contribution in [1.29, 1.82) is 0 Å². The number of hydrogen-bond acceptors (Lipinski definition) is 4. The summed E-state index contributed by atoms with van der Waals surface area (Å²) in [5.74, 6) is 3.56. The summed E-state index contributed by atoms with van der Waals surface area (Å²) < 4.78 is 17.5. The minimum absolute atomic E-state index is 0.400. The smallest absolute Gasteiger partial charge is 0.127 e. The van der Waals surface area contributed by atoms with E-state index in [0.717, 1.165) is 55.2 Å². The molecule has 4 rings (SSSR count). The summed E-state index contributed by atoms with van der Waals surface area (Å²) in [7, 11) is 0. The van der Waals surface area contributed by atoms with Crippen LogP contribution in [0.4, 0.5) is 0 Å². The summed E-state index contributed by atoms with van der Waals surface area (Å²) in [5, 5.41) is 3.64. The van der Waals surface area contributed by atoms with Crippen molar-refractivity contribution in [2.45, 2.75) is 38.6 Å². The zero-order valence-electron chi connectivity index (χ0n) is 21.6. The second kappa shape index (κ2) is 14.7. The Morgan fingerprint density at radius 1 is 0.568 bits per heavy atom. The first kappa shape index (κ1) is 26.3. The lowest BCUT2D eigenvalue weighted by Crippen LogP contribution is -2.29. The van der Waals surface area contributed by atoms with E-state index in [4.69, 9.17) is 14.2 Å². The molecule has 1 N–H and O–H groups in total. The maximum atomic E-state index is 5.89. The van der Waals surface area contributed by atoms with Gasteiger partial charge in [0.1, 0.15) is 23.0 Å². The lowest BCUT2D eigenvalue weighted by molar-refractivity contribution is 0.266. The molecule has 0 aliphatic heterocycles. The van der Waals surface area contributed by atoms with E-state index in [9.17, 15) is 0 Å². The molecule has 0 heterocycles. The van der Waals surface area contributed by atoms with Crippen LogP contribution < -0.4 is 19.5 Å². The van der Waals surface area contributed by atoms with E-state index in [1.807, 2.05) is 72.8 Å². The van der Waals surface area contributed by atoms with Gasteiger partial charge in [0, 0.05) is 6.04 Å². The van der Waals surface area contributed by atoms with Crippen molar-refractivity contribution in [3.8, 4) is 23.0 Å². The standard InChI is InChI=1S/C33H37NO3/c1-27(34-23-22-28-14-20-33(21-15-28)37-32-12-6-3-7-13-32)26-29-16-18-31(19-17-29)36-25-9-8-24-35-30-10-4-2-5-11-30/h2-7,10-21,27,34H,8-9,22-26H2,1H3. The number of ether oxygens (including phenoxy) is 3. The van der Waals surface area contributed by atoms with Crippen molar-refractivity contribution in [3.05, 3.63) is 120 Å². The molecule has 4 aromatic rings.